The number of ether oxygens (including phenoxy) is 1. The maximum absolute atomic E-state index is 12.6. The first-order chi connectivity index (χ1) is 6.75. The average Bonchev–Trinajstić information content (AvgIpc) is 2.99. The molecule has 1 fully saturated rings. The molecule has 1 heterocycles. The summed E-state index contributed by atoms with van der Waals surface area (Å²) in [6.07, 6.45) is 1.39. The van der Waals surface area contributed by atoms with E-state index in [1.165, 1.54) is 12.1 Å². The third-order valence-electron chi connectivity index (χ3n) is 2.42. The summed E-state index contributed by atoms with van der Waals surface area (Å²) in [5, 5.41) is 9.71. The van der Waals surface area contributed by atoms with Crippen LogP contribution >= 0.6 is 0 Å². The Morgan fingerprint density at radius 3 is 2.64 bits per heavy atom. The highest BCUT2D eigenvalue weighted by Gasteiger charge is 2.23. The van der Waals surface area contributed by atoms with Crippen LogP contribution in [0.4, 0.5) is 4.39 Å². The van der Waals surface area contributed by atoms with Crippen LogP contribution in [0.25, 0.3) is 0 Å². The summed E-state index contributed by atoms with van der Waals surface area (Å²) in [5.74, 6) is -0.272. The number of aliphatic hydroxyl groups is 1. The molecular formula is C11H13FO2. The Bertz CT molecular complexity index is 293. The Morgan fingerprint density at radius 1 is 1.43 bits per heavy atom. The number of aliphatic hydroxyl groups excluding tert-OH is 1. The minimum Gasteiger partial charge on any atom is -0.388 e. The molecule has 0 amide bonds. The fourth-order valence-corrected chi connectivity index (χ4v) is 1.43. The molecule has 1 aliphatic rings. The van der Waals surface area contributed by atoms with Gasteiger partial charge in [0.2, 0.25) is 0 Å². The lowest BCUT2D eigenvalue weighted by molar-refractivity contribution is 0.160. The van der Waals surface area contributed by atoms with E-state index < -0.39 is 6.10 Å². The number of hydrogen-bond acceptors (Lipinski definition) is 2. The van der Waals surface area contributed by atoms with Crippen LogP contribution in [-0.2, 0) is 4.74 Å². The zero-order valence-electron chi connectivity index (χ0n) is 7.82. The second-order valence-corrected chi connectivity index (χ2v) is 3.60. The van der Waals surface area contributed by atoms with Crippen LogP contribution < -0.4 is 0 Å². The van der Waals surface area contributed by atoms with Gasteiger partial charge in [0, 0.05) is 0 Å². The molecule has 0 aliphatic carbocycles. The van der Waals surface area contributed by atoms with Crippen LogP contribution in [0.15, 0.2) is 24.3 Å². The summed E-state index contributed by atoms with van der Waals surface area (Å²) in [4.78, 5) is 0. The first-order valence-electron chi connectivity index (χ1n) is 4.81. The molecular weight excluding hydrogens is 183 g/mol. The largest absolute Gasteiger partial charge is 0.388 e. The fourth-order valence-electron chi connectivity index (χ4n) is 1.43. The Balaban J connectivity index is 1.88. The van der Waals surface area contributed by atoms with Gasteiger partial charge in [0.1, 0.15) is 5.82 Å². The Labute approximate surface area is 82.3 Å². The lowest BCUT2D eigenvalue weighted by Crippen LogP contribution is -1.99. The number of benzene rings is 1. The van der Waals surface area contributed by atoms with Gasteiger partial charge in [0.15, 0.2) is 0 Å². The van der Waals surface area contributed by atoms with E-state index in [1.807, 2.05) is 0 Å². The van der Waals surface area contributed by atoms with E-state index in [-0.39, 0.29) is 5.82 Å². The van der Waals surface area contributed by atoms with Crippen molar-refractivity contribution in [3.8, 4) is 0 Å². The maximum atomic E-state index is 12.6. The molecule has 2 rings (SSSR count). The van der Waals surface area contributed by atoms with E-state index in [0.29, 0.717) is 12.5 Å². The fraction of sp³-hybridized carbons (Fsp3) is 0.455. The minimum absolute atomic E-state index is 0.272. The highest BCUT2D eigenvalue weighted by atomic mass is 19.1. The lowest BCUT2D eigenvalue weighted by Gasteiger charge is -2.09. The van der Waals surface area contributed by atoms with Gasteiger partial charge in [0.05, 0.1) is 18.8 Å². The summed E-state index contributed by atoms with van der Waals surface area (Å²) in [7, 11) is 0. The van der Waals surface area contributed by atoms with Gasteiger partial charge in [-0.25, -0.2) is 4.39 Å². The Kier molecular flexibility index (Phi) is 2.79. The monoisotopic (exact) mass is 196 g/mol. The SMILES string of the molecule is OC(CCC1CO1)c1ccc(F)cc1. The van der Waals surface area contributed by atoms with Crippen molar-refractivity contribution in [2.45, 2.75) is 25.0 Å². The van der Waals surface area contributed by atoms with Crippen molar-refractivity contribution in [2.75, 3.05) is 6.61 Å². The van der Waals surface area contributed by atoms with Crippen molar-refractivity contribution in [3.63, 3.8) is 0 Å². The molecule has 3 heteroatoms. The molecule has 1 aliphatic heterocycles. The summed E-state index contributed by atoms with van der Waals surface area (Å²) in [5.41, 5.74) is 0.770. The molecule has 2 nitrogen and oxygen atoms in total. The first kappa shape index (κ1) is 9.62. The third-order valence-corrected chi connectivity index (χ3v) is 2.42. The van der Waals surface area contributed by atoms with Gasteiger partial charge in [-0.3, -0.25) is 0 Å². The second-order valence-electron chi connectivity index (χ2n) is 3.60. The molecule has 0 aromatic heterocycles. The zero-order chi connectivity index (χ0) is 9.97. The molecule has 1 aromatic carbocycles. The van der Waals surface area contributed by atoms with Gasteiger partial charge in [-0.2, -0.15) is 0 Å². The quantitative estimate of drug-likeness (QED) is 0.747. The molecule has 1 N–H and O–H groups in total. The first-order valence-corrected chi connectivity index (χ1v) is 4.81. The van der Waals surface area contributed by atoms with Crippen LogP contribution in [0.5, 0.6) is 0 Å². The van der Waals surface area contributed by atoms with Crippen molar-refractivity contribution in [3.05, 3.63) is 35.6 Å². The number of epoxide rings is 1. The minimum atomic E-state index is -0.500. The number of rotatable bonds is 4. The van der Waals surface area contributed by atoms with E-state index in [2.05, 4.69) is 0 Å². The van der Waals surface area contributed by atoms with Gasteiger partial charge in [-0.05, 0) is 30.5 Å². The van der Waals surface area contributed by atoms with Crippen molar-refractivity contribution >= 4 is 0 Å². The van der Waals surface area contributed by atoms with E-state index in [9.17, 15) is 9.50 Å². The molecule has 0 radical (unpaired) electrons. The maximum Gasteiger partial charge on any atom is 0.123 e. The second kappa shape index (κ2) is 4.07. The summed E-state index contributed by atoms with van der Waals surface area (Å²) >= 11 is 0. The van der Waals surface area contributed by atoms with E-state index >= 15 is 0 Å². The van der Waals surface area contributed by atoms with Crippen molar-refractivity contribution in [2.24, 2.45) is 0 Å². The molecule has 14 heavy (non-hydrogen) atoms. The van der Waals surface area contributed by atoms with Crippen molar-refractivity contribution in [1.82, 2.24) is 0 Å². The summed E-state index contributed by atoms with van der Waals surface area (Å²) in [6.45, 7) is 0.816. The Hall–Kier alpha value is -0.930. The molecule has 1 aromatic rings. The highest BCUT2D eigenvalue weighted by molar-refractivity contribution is 5.18. The smallest absolute Gasteiger partial charge is 0.123 e. The van der Waals surface area contributed by atoms with E-state index in [1.54, 1.807) is 12.1 Å². The zero-order valence-corrected chi connectivity index (χ0v) is 7.82. The van der Waals surface area contributed by atoms with Crippen molar-refractivity contribution < 1.29 is 14.2 Å². The molecule has 0 spiro atoms. The average molecular weight is 196 g/mol. The van der Waals surface area contributed by atoms with Crippen LogP contribution in [0.3, 0.4) is 0 Å². The van der Waals surface area contributed by atoms with Gasteiger partial charge in [-0.15, -0.1) is 0 Å². The molecule has 0 bridgehead atoms. The normalized spacial score (nSPS) is 22.0. The molecule has 1 saturated heterocycles. The summed E-state index contributed by atoms with van der Waals surface area (Å²) in [6, 6.07) is 5.97. The van der Waals surface area contributed by atoms with E-state index in [4.69, 9.17) is 4.74 Å². The van der Waals surface area contributed by atoms with Gasteiger partial charge in [0.25, 0.3) is 0 Å². The van der Waals surface area contributed by atoms with Crippen LogP contribution in [0.2, 0.25) is 0 Å². The van der Waals surface area contributed by atoms with Crippen LogP contribution in [0.1, 0.15) is 24.5 Å². The highest BCUT2D eigenvalue weighted by Crippen LogP contribution is 2.23. The van der Waals surface area contributed by atoms with Gasteiger partial charge in [-0.1, -0.05) is 12.1 Å². The topological polar surface area (TPSA) is 32.8 Å². The predicted molar refractivity (Wildman–Crippen MR) is 50.3 cm³/mol. The Morgan fingerprint density at radius 2 is 2.07 bits per heavy atom. The summed E-state index contributed by atoms with van der Waals surface area (Å²) < 4.78 is 17.6. The standard InChI is InChI=1S/C11H13FO2/c12-9-3-1-8(2-4-9)11(13)6-5-10-7-14-10/h1-4,10-11,13H,5-7H2. The molecule has 0 saturated carbocycles. The lowest BCUT2D eigenvalue weighted by atomic mass is 10.0. The molecule has 2 atom stereocenters. The van der Waals surface area contributed by atoms with Gasteiger partial charge < -0.3 is 9.84 Å². The third kappa shape index (κ3) is 2.53. The number of hydrogen-bond donors (Lipinski definition) is 1. The van der Waals surface area contributed by atoms with E-state index in [0.717, 1.165) is 18.6 Å². The van der Waals surface area contributed by atoms with Crippen LogP contribution in [-0.4, -0.2) is 17.8 Å². The predicted octanol–water partition coefficient (Wildman–Crippen LogP) is 2.04. The molecule has 2 unspecified atom stereocenters. The molecule has 76 valence electrons. The van der Waals surface area contributed by atoms with Gasteiger partial charge >= 0.3 is 0 Å². The number of halogens is 1. The van der Waals surface area contributed by atoms with Crippen molar-refractivity contribution in [1.29, 1.82) is 0 Å². The van der Waals surface area contributed by atoms with Crippen LogP contribution in [0, 0.1) is 5.82 Å².